The molecule has 0 aliphatic carbocycles. The monoisotopic (exact) mass is 403 g/mol. The van der Waals surface area contributed by atoms with Crippen LogP contribution in [0.3, 0.4) is 0 Å². The molecule has 2 aliphatic heterocycles. The molecule has 2 aromatic rings. The van der Waals surface area contributed by atoms with E-state index < -0.39 is 6.10 Å². The summed E-state index contributed by atoms with van der Waals surface area (Å²) in [4.78, 5) is 16.6. The standard InChI is InChI=1S/C21H26ClN3O3/c22-18-6-2-1-4-16(18)13-24-10-7-15(8-11-24)19-12-20(28-23-19)21(27)25-9-3-5-17(26)14-25/h1-2,4,6,12,15,17,26H,3,5,7-11,13-14H2. The van der Waals surface area contributed by atoms with Gasteiger partial charge in [-0.15, -0.1) is 0 Å². The molecule has 2 fully saturated rings. The summed E-state index contributed by atoms with van der Waals surface area (Å²) in [5, 5.41) is 14.8. The van der Waals surface area contributed by atoms with Crippen molar-refractivity contribution in [3.63, 3.8) is 0 Å². The number of hydrogen-bond acceptors (Lipinski definition) is 5. The van der Waals surface area contributed by atoms with E-state index in [2.05, 4.69) is 16.1 Å². The fraction of sp³-hybridized carbons (Fsp3) is 0.524. The van der Waals surface area contributed by atoms with Gasteiger partial charge in [0.2, 0.25) is 5.76 Å². The summed E-state index contributed by atoms with van der Waals surface area (Å²) in [6.45, 7) is 3.81. The zero-order valence-electron chi connectivity index (χ0n) is 15.9. The quantitative estimate of drug-likeness (QED) is 0.848. The molecule has 28 heavy (non-hydrogen) atoms. The average molecular weight is 404 g/mol. The maximum Gasteiger partial charge on any atom is 0.292 e. The van der Waals surface area contributed by atoms with Gasteiger partial charge in [0.1, 0.15) is 0 Å². The number of aliphatic hydroxyl groups excluding tert-OH is 1. The summed E-state index contributed by atoms with van der Waals surface area (Å²) in [5.74, 6) is 0.413. The smallest absolute Gasteiger partial charge is 0.292 e. The topological polar surface area (TPSA) is 69.8 Å². The number of benzene rings is 1. The molecule has 1 atom stereocenters. The minimum Gasteiger partial charge on any atom is -0.391 e. The van der Waals surface area contributed by atoms with Crippen molar-refractivity contribution in [2.45, 2.75) is 44.2 Å². The first kappa shape index (κ1) is 19.4. The Hall–Kier alpha value is -1.89. The van der Waals surface area contributed by atoms with Crippen LogP contribution in [0, 0.1) is 0 Å². The number of hydrogen-bond donors (Lipinski definition) is 1. The largest absolute Gasteiger partial charge is 0.391 e. The molecule has 0 saturated carbocycles. The molecule has 1 N–H and O–H groups in total. The highest BCUT2D eigenvalue weighted by molar-refractivity contribution is 6.31. The van der Waals surface area contributed by atoms with Crippen molar-refractivity contribution in [1.29, 1.82) is 0 Å². The number of nitrogens with zero attached hydrogens (tertiary/aromatic N) is 3. The molecule has 2 aliphatic rings. The number of likely N-dealkylation sites (tertiary alicyclic amines) is 2. The summed E-state index contributed by atoms with van der Waals surface area (Å²) in [7, 11) is 0. The van der Waals surface area contributed by atoms with Crippen LogP contribution in [-0.2, 0) is 6.54 Å². The van der Waals surface area contributed by atoms with Gasteiger partial charge in [-0.3, -0.25) is 9.69 Å². The number of carbonyl (C=O) groups is 1. The number of aromatic nitrogens is 1. The normalized spacial score (nSPS) is 21.8. The summed E-state index contributed by atoms with van der Waals surface area (Å²) >= 11 is 6.27. The Bertz CT molecular complexity index is 817. The fourth-order valence-electron chi connectivity index (χ4n) is 4.13. The molecule has 0 bridgehead atoms. The third-order valence-corrected chi connectivity index (χ3v) is 6.15. The maximum absolute atomic E-state index is 12.6. The van der Waals surface area contributed by atoms with Crippen molar-refractivity contribution in [1.82, 2.24) is 15.0 Å². The van der Waals surface area contributed by atoms with Crippen molar-refractivity contribution < 1.29 is 14.4 Å². The van der Waals surface area contributed by atoms with Crippen LogP contribution in [0.4, 0.5) is 0 Å². The van der Waals surface area contributed by atoms with Gasteiger partial charge in [0.15, 0.2) is 0 Å². The molecule has 7 heteroatoms. The van der Waals surface area contributed by atoms with E-state index in [1.54, 1.807) is 11.0 Å². The Labute approximate surface area is 170 Å². The molecule has 2 saturated heterocycles. The first-order chi connectivity index (χ1) is 13.6. The van der Waals surface area contributed by atoms with Crippen LogP contribution in [0.2, 0.25) is 5.02 Å². The maximum atomic E-state index is 12.6. The van der Waals surface area contributed by atoms with Gasteiger partial charge in [0.25, 0.3) is 5.91 Å². The van der Waals surface area contributed by atoms with E-state index in [4.69, 9.17) is 16.1 Å². The lowest BCUT2D eigenvalue weighted by molar-refractivity contribution is 0.0441. The van der Waals surface area contributed by atoms with Crippen LogP contribution < -0.4 is 0 Å². The molecular formula is C21H26ClN3O3. The Morgan fingerprint density at radius 3 is 2.75 bits per heavy atom. The fourth-order valence-corrected chi connectivity index (χ4v) is 4.33. The first-order valence-electron chi connectivity index (χ1n) is 10.00. The highest BCUT2D eigenvalue weighted by Crippen LogP contribution is 2.29. The average Bonchev–Trinajstić information content (AvgIpc) is 3.20. The number of aliphatic hydroxyl groups is 1. The van der Waals surface area contributed by atoms with Crippen molar-refractivity contribution in [3.05, 3.63) is 52.4 Å². The van der Waals surface area contributed by atoms with Crippen LogP contribution in [0.1, 0.15) is 53.4 Å². The molecular weight excluding hydrogens is 378 g/mol. The van der Waals surface area contributed by atoms with Gasteiger partial charge < -0.3 is 14.5 Å². The number of carbonyl (C=O) groups excluding carboxylic acids is 1. The molecule has 3 heterocycles. The second kappa shape index (κ2) is 8.64. The molecule has 1 aromatic heterocycles. The van der Waals surface area contributed by atoms with Crippen molar-refractivity contribution in [3.8, 4) is 0 Å². The summed E-state index contributed by atoms with van der Waals surface area (Å²) < 4.78 is 5.35. The highest BCUT2D eigenvalue weighted by atomic mass is 35.5. The van der Waals surface area contributed by atoms with Crippen LogP contribution in [0.5, 0.6) is 0 Å². The number of halogens is 1. The Morgan fingerprint density at radius 1 is 1.21 bits per heavy atom. The van der Waals surface area contributed by atoms with Crippen LogP contribution in [0.15, 0.2) is 34.9 Å². The van der Waals surface area contributed by atoms with E-state index in [9.17, 15) is 9.90 Å². The predicted octanol–water partition coefficient (Wildman–Crippen LogP) is 3.30. The van der Waals surface area contributed by atoms with E-state index in [0.29, 0.717) is 19.0 Å². The molecule has 150 valence electrons. The van der Waals surface area contributed by atoms with Crippen molar-refractivity contribution in [2.24, 2.45) is 0 Å². The number of rotatable bonds is 4. The third kappa shape index (κ3) is 4.40. The highest BCUT2D eigenvalue weighted by Gasteiger charge is 2.28. The van der Waals surface area contributed by atoms with Gasteiger partial charge in [-0.25, -0.2) is 0 Å². The second-order valence-electron chi connectivity index (χ2n) is 7.81. The SMILES string of the molecule is O=C(c1cc(C2CCN(Cc3ccccc3Cl)CC2)no1)N1CCCC(O)C1. The summed E-state index contributed by atoms with van der Waals surface area (Å²) in [6.07, 6.45) is 3.08. The summed E-state index contributed by atoms with van der Waals surface area (Å²) in [6, 6.07) is 9.76. The van der Waals surface area contributed by atoms with Crippen molar-refractivity contribution in [2.75, 3.05) is 26.2 Å². The lowest BCUT2D eigenvalue weighted by Gasteiger charge is -2.31. The molecule has 1 aromatic carbocycles. The Kier molecular flexibility index (Phi) is 5.99. The minimum atomic E-state index is -0.442. The zero-order chi connectivity index (χ0) is 19.5. The van der Waals surface area contributed by atoms with E-state index in [1.165, 1.54) is 0 Å². The van der Waals surface area contributed by atoms with Crippen LogP contribution >= 0.6 is 11.6 Å². The molecule has 0 radical (unpaired) electrons. The lowest BCUT2D eigenvalue weighted by atomic mass is 9.93. The second-order valence-corrected chi connectivity index (χ2v) is 8.21. The van der Waals surface area contributed by atoms with Crippen LogP contribution in [-0.4, -0.2) is 58.3 Å². The first-order valence-corrected chi connectivity index (χ1v) is 10.4. The van der Waals surface area contributed by atoms with Gasteiger partial charge in [-0.2, -0.15) is 0 Å². The number of β-amino-alcohol motifs (C(OH)–C–C–N with tert-alkyl or cyclic N) is 1. The van der Waals surface area contributed by atoms with Gasteiger partial charge in [0, 0.05) is 36.6 Å². The number of amides is 1. The Balaban J connectivity index is 1.33. The van der Waals surface area contributed by atoms with Gasteiger partial charge in [0.05, 0.1) is 11.8 Å². The minimum absolute atomic E-state index is 0.173. The van der Waals surface area contributed by atoms with Crippen molar-refractivity contribution >= 4 is 17.5 Å². The lowest BCUT2D eigenvalue weighted by Crippen LogP contribution is -2.42. The zero-order valence-corrected chi connectivity index (χ0v) is 16.6. The molecule has 1 unspecified atom stereocenters. The van der Waals surface area contributed by atoms with E-state index >= 15 is 0 Å². The van der Waals surface area contributed by atoms with E-state index in [1.807, 2.05) is 18.2 Å². The van der Waals surface area contributed by atoms with Crippen LogP contribution in [0.25, 0.3) is 0 Å². The Morgan fingerprint density at radius 2 is 2.00 bits per heavy atom. The molecule has 6 nitrogen and oxygen atoms in total. The molecule has 4 rings (SSSR count). The predicted molar refractivity (Wildman–Crippen MR) is 106 cm³/mol. The van der Waals surface area contributed by atoms with Gasteiger partial charge in [-0.05, 0) is 50.4 Å². The van der Waals surface area contributed by atoms with Gasteiger partial charge >= 0.3 is 0 Å². The van der Waals surface area contributed by atoms with Gasteiger partial charge in [-0.1, -0.05) is 35.0 Å². The summed E-state index contributed by atoms with van der Waals surface area (Å²) in [5.41, 5.74) is 2.01. The third-order valence-electron chi connectivity index (χ3n) is 5.78. The van der Waals surface area contributed by atoms with E-state index in [0.717, 1.165) is 61.6 Å². The van der Waals surface area contributed by atoms with E-state index in [-0.39, 0.29) is 11.7 Å². The molecule has 1 amide bonds. The number of piperidine rings is 2. The molecule has 0 spiro atoms.